The third kappa shape index (κ3) is 4.99. The molecule has 6 nitrogen and oxygen atoms in total. The van der Waals surface area contributed by atoms with Crippen molar-refractivity contribution >= 4 is 16.1 Å². The molecule has 162 valence electrons. The molecule has 0 saturated carbocycles. The Labute approximate surface area is 177 Å². The van der Waals surface area contributed by atoms with Gasteiger partial charge in [-0.2, -0.15) is 4.31 Å². The maximum absolute atomic E-state index is 13.1. The van der Waals surface area contributed by atoms with Crippen LogP contribution in [0.2, 0.25) is 0 Å². The van der Waals surface area contributed by atoms with Gasteiger partial charge in [-0.25, -0.2) is 17.6 Å². The highest BCUT2D eigenvalue weighted by molar-refractivity contribution is 7.89. The molecule has 1 atom stereocenters. The largest absolute Gasteiger partial charge is 0.334 e. The van der Waals surface area contributed by atoms with Crippen molar-refractivity contribution in [1.82, 2.24) is 14.5 Å². The smallest absolute Gasteiger partial charge is 0.317 e. The van der Waals surface area contributed by atoms with Crippen LogP contribution in [-0.2, 0) is 16.6 Å². The molecule has 2 amide bonds. The van der Waals surface area contributed by atoms with Crippen molar-refractivity contribution < 1.29 is 17.6 Å². The quantitative estimate of drug-likeness (QED) is 0.751. The van der Waals surface area contributed by atoms with Crippen molar-refractivity contribution in [3.63, 3.8) is 0 Å². The molecule has 3 rings (SSSR count). The summed E-state index contributed by atoms with van der Waals surface area (Å²) in [5, 5.41) is 2.81. The SMILES string of the molecule is CC(c1ccc(F)cc1)N(C)C(=O)NCc1ccccc1S(=O)(=O)N1CCCCC1. The van der Waals surface area contributed by atoms with Gasteiger partial charge >= 0.3 is 6.03 Å². The lowest BCUT2D eigenvalue weighted by molar-refractivity contribution is 0.194. The number of piperidine rings is 1. The maximum atomic E-state index is 13.1. The average Bonchev–Trinajstić information content (AvgIpc) is 2.77. The number of amides is 2. The molecular weight excluding hydrogens is 405 g/mol. The zero-order chi connectivity index (χ0) is 21.7. The van der Waals surface area contributed by atoms with Crippen LogP contribution in [0.3, 0.4) is 0 Å². The molecule has 0 spiro atoms. The summed E-state index contributed by atoms with van der Waals surface area (Å²) in [4.78, 5) is 14.4. The van der Waals surface area contributed by atoms with E-state index < -0.39 is 10.0 Å². The van der Waals surface area contributed by atoms with Crippen molar-refractivity contribution in [1.29, 1.82) is 0 Å². The molecule has 8 heteroatoms. The Bertz CT molecular complexity index is 973. The predicted octanol–water partition coefficient (Wildman–Crippen LogP) is 3.90. The van der Waals surface area contributed by atoms with E-state index in [1.807, 2.05) is 6.92 Å². The summed E-state index contributed by atoms with van der Waals surface area (Å²) in [5.41, 5.74) is 1.36. The minimum Gasteiger partial charge on any atom is -0.334 e. The molecule has 1 N–H and O–H groups in total. The highest BCUT2D eigenvalue weighted by Gasteiger charge is 2.28. The number of hydrogen-bond acceptors (Lipinski definition) is 3. The molecule has 1 aliphatic heterocycles. The Kier molecular flexibility index (Phi) is 7.10. The van der Waals surface area contributed by atoms with E-state index in [0.29, 0.717) is 18.7 Å². The fourth-order valence-corrected chi connectivity index (χ4v) is 5.32. The lowest BCUT2D eigenvalue weighted by Gasteiger charge is -2.27. The monoisotopic (exact) mass is 433 g/mol. The zero-order valence-electron chi connectivity index (χ0n) is 17.3. The van der Waals surface area contributed by atoms with Crippen LogP contribution in [0.1, 0.15) is 43.4 Å². The number of carbonyl (C=O) groups excluding carboxylic acids is 1. The highest BCUT2D eigenvalue weighted by Crippen LogP contribution is 2.24. The number of sulfonamides is 1. The van der Waals surface area contributed by atoms with Gasteiger partial charge in [0.05, 0.1) is 10.9 Å². The van der Waals surface area contributed by atoms with Crippen LogP contribution in [0.4, 0.5) is 9.18 Å². The highest BCUT2D eigenvalue weighted by atomic mass is 32.2. The molecule has 1 saturated heterocycles. The Morgan fingerprint density at radius 2 is 1.73 bits per heavy atom. The van der Waals surface area contributed by atoms with Gasteiger partial charge in [0.1, 0.15) is 5.82 Å². The van der Waals surface area contributed by atoms with Gasteiger partial charge in [-0.05, 0) is 49.1 Å². The molecule has 0 aromatic heterocycles. The van der Waals surface area contributed by atoms with Gasteiger partial charge in [0, 0.05) is 26.7 Å². The van der Waals surface area contributed by atoms with Crippen molar-refractivity contribution in [2.75, 3.05) is 20.1 Å². The summed E-state index contributed by atoms with van der Waals surface area (Å²) in [6.45, 7) is 3.01. The van der Waals surface area contributed by atoms with Crippen LogP contribution < -0.4 is 5.32 Å². The number of urea groups is 1. The number of halogens is 1. The number of hydrogen-bond donors (Lipinski definition) is 1. The normalized spacial score (nSPS) is 16.1. The topological polar surface area (TPSA) is 69.7 Å². The minimum absolute atomic E-state index is 0.0998. The summed E-state index contributed by atoms with van der Waals surface area (Å²) >= 11 is 0. The van der Waals surface area contributed by atoms with Gasteiger partial charge in [-0.15, -0.1) is 0 Å². The molecule has 1 fully saturated rings. The third-order valence-electron chi connectivity index (χ3n) is 5.59. The number of nitrogens with zero attached hydrogens (tertiary/aromatic N) is 2. The summed E-state index contributed by atoms with van der Waals surface area (Å²) in [6.07, 6.45) is 2.77. The molecule has 1 unspecified atom stereocenters. The predicted molar refractivity (Wildman–Crippen MR) is 114 cm³/mol. The van der Waals surface area contributed by atoms with E-state index in [0.717, 1.165) is 24.8 Å². The molecule has 0 radical (unpaired) electrons. The van der Waals surface area contributed by atoms with Crippen LogP contribution in [0.15, 0.2) is 53.4 Å². The van der Waals surface area contributed by atoms with Gasteiger partial charge in [0.25, 0.3) is 0 Å². The standard InChI is InChI=1S/C22H28FN3O3S/c1-17(18-10-12-20(23)13-11-18)25(2)22(27)24-16-19-8-4-5-9-21(19)30(28,29)26-14-6-3-7-15-26/h4-5,8-13,17H,3,6-7,14-16H2,1-2H3,(H,24,27). The molecule has 0 bridgehead atoms. The van der Waals surface area contributed by atoms with Gasteiger partial charge < -0.3 is 10.2 Å². The number of benzene rings is 2. The third-order valence-corrected chi connectivity index (χ3v) is 7.59. The molecule has 2 aromatic carbocycles. The van der Waals surface area contributed by atoms with Crippen LogP contribution in [0, 0.1) is 5.82 Å². The zero-order valence-corrected chi connectivity index (χ0v) is 18.2. The van der Waals surface area contributed by atoms with E-state index in [1.54, 1.807) is 43.4 Å². The lowest BCUT2D eigenvalue weighted by atomic mass is 10.1. The van der Waals surface area contributed by atoms with Crippen molar-refractivity contribution in [2.24, 2.45) is 0 Å². The lowest BCUT2D eigenvalue weighted by Crippen LogP contribution is -2.39. The van der Waals surface area contributed by atoms with Crippen molar-refractivity contribution in [3.05, 3.63) is 65.5 Å². The second kappa shape index (κ2) is 9.57. The molecule has 2 aromatic rings. The van der Waals surface area contributed by atoms with Crippen molar-refractivity contribution in [2.45, 2.75) is 43.7 Å². The molecule has 30 heavy (non-hydrogen) atoms. The van der Waals surface area contributed by atoms with E-state index >= 15 is 0 Å². The van der Waals surface area contributed by atoms with Crippen molar-refractivity contribution in [3.8, 4) is 0 Å². The second-order valence-corrected chi connectivity index (χ2v) is 9.48. The Hall–Kier alpha value is -2.45. The molecule has 1 heterocycles. The van der Waals surface area contributed by atoms with E-state index in [4.69, 9.17) is 0 Å². The summed E-state index contributed by atoms with van der Waals surface area (Å²) in [5.74, 6) is -0.329. The Morgan fingerprint density at radius 1 is 1.10 bits per heavy atom. The fourth-order valence-electron chi connectivity index (χ4n) is 3.58. The van der Waals surface area contributed by atoms with Crippen LogP contribution in [0.5, 0.6) is 0 Å². The van der Waals surface area contributed by atoms with Gasteiger partial charge in [0.15, 0.2) is 0 Å². The van der Waals surface area contributed by atoms with Gasteiger partial charge in [-0.3, -0.25) is 0 Å². The summed E-state index contributed by atoms with van der Waals surface area (Å²) in [6, 6.07) is 12.2. The first-order chi connectivity index (χ1) is 14.3. The van der Waals surface area contributed by atoms with Gasteiger partial charge in [-0.1, -0.05) is 36.8 Å². The molecule has 1 aliphatic rings. The minimum atomic E-state index is -3.59. The van der Waals surface area contributed by atoms with E-state index in [-0.39, 0.29) is 29.3 Å². The Balaban J connectivity index is 1.70. The number of nitrogens with one attached hydrogen (secondary N) is 1. The Morgan fingerprint density at radius 3 is 2.40 bits per heavy atom. The first kappa shape index (κ1) is 22.2. The van der Waals surface area contributed by atoms with Crippen LogP contribution in [0.25, 0.3) is 0 Å². The van der Waals surface area contributed by atoms with E-state index in [1.165, 1.54) is 21.3 Å². The van der Waals surface area contributed by atoms with Crippen LogP contribution in [-0.4, -0.2) is 43.8 Å². The van der Waals surface area contributed by atoms with Gasteiger partial charge in [0.2, 0.25) is 10.0 Å². The summed E-state index contributed by atoms with van der Waals surface area (Å²) in [7, 11) is -1.94. The average molecular weight is 434 g/mol. The maximum Gasteiger partial charge on any atom is 0.317 e. The van der Waals surface area contributed by atoms with E-state index in [9.17, 15) is 17.6 Å². The molecular formula is C22H28FN3O3S. The number of carbonyl (C=O) groups is 1. The summed E-state index contributed by atoms with van der Waals surface area (Å²) < 4.78 is 40.8. The van der Waals surface area contributed by atoms with Crippen LogP contribution >= 0.6 is 0 Å². The number of rotatable bonds is 6. The first-order valence-electron chi connectivity index (χ1n) is 10.1. The first-order valence-corrected chi connectivity index (χ1v) is 11.6. The fraction of sp³-hybridized carbons (Fsp3) is 0.409. The second-order valence-electron chi connectivity index (χ2n) is 7.57. The van der Waals surface area contributed by atoms with E-state index in [2.05, 4.69) is 5.32 Å². The molecule has 0 aliphatic carbocycles.